The second-order valence-corrected chi connectivity index (χ2v) is 4.82. The van der Waals surface area contributed by atoms with Gasteiger partial charge >= 0.3 is 0 Å². The highest BCUT2D eigenvalue weighted by atomic mass is 16.1. The van der Waals surface area contributed by atoms with Gasteiger partial charge in [-0.15, -0.1) is 0 Å². The van der Waals surface area contributed by atoms with Gasteiger partial charge in [0.15, 0.2) is 0 Å². The molecule has 0 aliphatic carbocycles. The molecule has 0 saturated heterocycles. The van der Waals surface area contributed by atoms with Gasteiger partial charge in [0.05, 0.1) is 0 Å². The molecule has 17 heavy (non-hydrogen) atoms. The van der Waals surface area contributed by atoms with Gasteiger partial charge in [0, 0.05) is 23.0 Å². The van der Waals surface area contributed by atoms with Crippen LogP contribution in [0.2, 0.25) is 0 Å². The lowest BCUT2D eigenvalue weighted by Crippen LogP contribution is -2.29. The summed E-state index contributed by atoms with van der Waals surface area (Å²) in [5.74, 6) is -0.0550. The number of aromatic nitrogens is 1. The number of H-pyrrole nitrogens is 1. The summed E-state index contributed by atoms with van der Waals surface area (Å²) in [4.78, 5) is 14.6. The minimum Gasteiger partial charge on any atom is -0.369 e. The highest BCUT2D eigenvalue weighted by molar-refractivity contribution is 5.84. The Morgan fingerprint density at radius 2 is 2.06 bits per heavy atom. The van der Waals surface area contributed by atoms with Crippen molar-refractivity contribution in [3.63, 3.8) is 0 Å². The van der Waals surface area contributed by atoms with Crippen molar-refractivity contribution in [1.29, 1.82) is 0 Å². The van der Waals surface area contributed by atoms with Crippen LogP contribution in [-0.4, -0.2) is 10.9 Å². The van der Waals surface area contributed by atoms with E-state index < -0.39 is 0 Å². The molecule has 0 aliphatic heterocycles. The van der Waals surface area contributed by atoms with Gasteiger partial charge in [-0.25, -0.2) is 0 Å². The van der Waals surface area contributed by atoms with E-state index >= 15 is 0 Å². The molecule has 3 N–H and O–H groups in total. The average Bonchev–Trinajstić information content (AvgIpc) is 2.68. The summed E-state index contributed by atoms with van der Waals surface area (Å²) in [6, 6.07) is 8.11. The van der Waals surface area contributed by atoms with Gasteiger partial charge in [-0.05, 0) is 24.0 Å². The van der Waals surface area contributed by atoms with E-state index in [1.165, 1.54) is 5.39 Å². The van der Waals surface area contributed by atoms with Crippen LogP contribution in [0.25, 0.3) is 10.9 Å². The Bertz CT molecular complexity index is 528. The van der Waals surface area contributed by atoms with Crippen molar-refractivity contribution in [2.45, 2.75) is 20.3 Å². The van der Waals surface area contributed by atoms with Crippen molar-refractivity contribution in [3.05, 3.63) is 36.0 Å². The van der Waals surface area contributed by atoms with Crippen molar-refractivity contribution in [2.24, 2.45) is 17.6 Å². The Hall–Kier alpha value is -1.77. The third-order valence-electron chi connectivity index (χ3n) is 3.28. The third-order valence-corrected chi connectivity index (χ3v) is 3.28. The quantitative estimate of drug-likeness (QED) is 0.832. The van der Waals surface area contributed by atoms with Gasteiger partial charge < -0.3 is 10.7 Å². The van der Waals surface area contributed by atoms with Gasteiger partial charge in [-0.3, -0.25) is 4.79 Å². The molecule has 0 radical (unpaired) electrons. The molecular formula is C14H18N2O. The van der Waals surface area contributed by atoms with E-state index in [1.807, 2.05) is 38.2 Å². The summed E-state index contributed by atoms with van der Waals surface area (Å²) in [6.45, 7) is 4.06. The number of carbonyl (C=O) groups is 1. The fraction of sp³-hybridized carbons (Fsp3) is 0.357. The highest BCUT2D eigenvalue weighted by Gasteiger charge is 2.21. The van der Waals surface area contributed by atoms with Crippen molar-refractivity contribution in [1.82, 2.24) is 4.98 Å². The van der Waals surface area contributed by atoms with E-state index in [2.05, 4.69) is 11.1 Å². The molecule has 0 saturated carbocycles. The number of benzene rings is 1. The minimum atomic E-state index is -0.217. The zero-order valence-electron chi connectivity index (χ0n) is 10.2. The van der Waals surface area contributed by atoms with Gasteiger partial charge in [0.25, 0.3) is 0 Å². The number of nitrogens with two attached hydrogens (primary N) is 1. The van der Waals surface area contributed by atoms with Gasteiger partial charge in [-0.2, -0.15) is 0 Å². The number of fused-ring (bicyclic) bond motifs is 1. The van der Waals surface area contributed by atoms with Crippen LogP contribution in [0.15, 0.2) is 30.5 Å². The van der Waals surface area contributed by atoms with Gasteiger partial charge in [-0.1, -0.05) is 32.0 Å². The first-order valence-electron chi connectivity index (χ1n) is 5.94. The lowest BCUT2D eigenvalue weighted by Gasteiger charge is -2.16. The van der Waals surface area contributed by atoms with Crippen LogP contribution in [-0.2, 0) is 11.2 Å². The molecule has 0 fully saturated rings. The highest BCUT2D eigenvalue weighted by Crippen LogP contribution is 2.23. The number of amides is 1. The summed E-state index contributed by atoms with van der Waals surface area (Å²) in [6.07, 6.45) is 2.68. The zero-order chi connectivity index (χ0) is 12.4. The van der Waals surface area contributed by atoms with E-state index in [0.29, 0.717) is 6.42 Å². The molecular weight excluding hydrogens is 212 g/mol. The summed E-state index contributed by atoms with van der Waals surface area (Å²) >= 11 is 0. The molecule has 1 aromatic carbocycles. The number of hydrogen-bond acceptors (Lipinski definition) is 1. The monoisotopic (exact) mass is 230 g/mol. The molecule has 90 valence electrons. The first-order valence-corrected chi connectivity index (χ1v) is 5.94. The fourth-order valence-electron chi connectivity index (χ4n) is 2.20. The molecule has 1 amide bonds. The smallest absolute Gasteiger partial charge is 0.221 e. The normalized spacial score (nSPS) is 13.1. The predicted octanol–water partition coefficient (Wildman–Crippen LogP) is 2.47. The molecule has 1 aromatic heterocycles. The second-order valence-electron chi connectivity index (χ2n) is 4.82. The van der Waals surface area contributed by atoms with Crippen molar-refractivity contribution < 1.29 is 4.79 Å². The van der Waals surface area contributed by atoms with E-state index in [1.54, 1.807) is 0 Å². The standard InChI is InChI=1S/C14H18N2O/c1-9(2)12(14(15)17)7-10-8-16-13-6-4-3-5-11(10)13/h3-6,8-9,12,16H,7H2,1-2H3,(H2,15,17)/t12-/m0/s1. The number of aromatic amines is 1. The fourth-order valence-corrected chi connectivity index (χ4v) is 2.20. The number of hydrogen-bond donors (Lipinski definition) is 2. The SMILES string of the molecule is CC(C)[C@H](Cc1c[nH]c2ccccc12)C(N)=O. The van der Waals surface area contributed by atoms with Crippen LogP contribution in [0.4, 0.5) is 0 Å². The van der Waals surface area contributed by atoms with Crippen LogP contribution < -0.4 is 5.73 Å². The number of primary amides is 1. The Morgan fingerprint density at radius 1 is 1.35 bits per heavy atom. The Balaban J connectivity index is 2.31. The van der Waals surface area contributed by atoms with Crippen molar-refractivity contribution in [3.8, 4) is 0 Å². The van der Waals surface area contributed by atoms with Crippen LogP contribution in [0.5, 0.6) is 0 Å². The average molecular weight is 230 g/mol. The van der Waals surface area contributed by atoms with Gasteiger partial charge in [0.1, 0.15) is 0 Å². The number of nitrogens with one attached hydrogen (secondary N) is 1. The molecule has 0 bridgehead atoms. The van der Waals surface area contributed by atoms with Crippen molar-refractivity contribution >= 4 is 16.8 Å². The first-order chi connectivity index (χ1) is 8.09. The van der Waals surface area contributed by atoms with E-state index in [0.717, 1.165) is 11.1 Å². The van der Waals surface area contributed by atoms with Crippen molar-refractivity contribution in [2.75, 3.05) is 0 Å². The zero-order valence-corrected chi connectivity index (χ0v) is 10.2. The minimum absolute atomic E-state index is 0.103. The topological polar surface area (TPSA) is 58.9 Å². The van der Waals surface area contributed by atoms with Crippen LogP contribution in [0.3, 0.4) is 0 Å². The van der Waals surface area contributed by atoms with Crippen LogP contribution >= 0.6 is 0 Å². The molecule has 1 atom stereocenters. The molecule has 2 aromatic rings. The second kappa shape index (κ2) is 4.62. The third kappa shape index (κ3) is 2.33. The largest absolute Gasteiger partial charge is 0.369 e. The maximum absolute atomic E-state index is 11.4. The number of carbonyl (C=O) groups excluding carboxylic acids is 1. The predicted molar refractivity (Wildman–Crippen MR) is 69.5 cm³/mol. The van der Waals surface area contributed by atoms with E-state index in [9.17, 15) is 4.79 Å². The molecule has 3 nitrogen and oxygen atoms in total. The lowest BCUT2D eigenvalue weighted by molar-refractivity contribution is -0.123. The van der Waals surface area contributed by atoms with Crippen LogP contribution in [0, 0.1) is 11.8 Å². The van der Waals surface area contributed by atoms with E-state index in [4.69, 9.17) is 5.73 Å². The maximum Gasteiger partial charge on any atom is 0.221 e. The summed E-state index contributed by atoms with van der Waals surface area (Å²) in [5.41, 5.74) is 7.72. The van der Waals surface area contributed by atoms with E-state index in [-0.39, 0.29) is 17.7 Å². The molecule has 1 heterocycles. The first kappa shape index (κ1) is 11.7. The van der Waals surface area contributed by atoms with Gasteiger partial charge in [0.2, 0.25) is 5.91 Å². The maximum atomic E-state index is 11.4. The summed E-state index contributed by atoms with van der Waals surface area (Å²) in [7, 11) is 0. The lowest BCUT2D eigenvalue weighted by atomic mass is 9.88. The molecule has 3 heteroatoms. The molecule has 0 aliphatic rings. The molecule has 2 rings (SSSR count). The number of para-hydroxylation sites is 1. The Labute approximate surface area is 101 Å². The summed E-state index contributed by atoms with van der Waals surface area (Å²) in [5, 5.41) is 1.18. The Kier molecular flexibility index (Phi) is 3.18. The summed E-state index contributed by atoms with van der Waals surface area (Å²) < 4.78 is 0. The van der Waals surface area contributed by atoms with Crippen LogP contribution in [0.1, 0.15) is 19.4 Å². The molecule has 0 spiro atoms. The molecule has 0 unspecified atom stereocenters. The Morgan fingerprint density at radius 3 is 2.71 bits per heavy atom. The number of rotatable bonds is 4.